The maximum absolute atomic E-state index is 11.6. The van der Waals surface area contributed by atoms with Gasteiger partial charge >= 0.3 is 0 Å². The molecule has 0 radical (unpaired) electrons. The minimum absolute atomic E-state index is 0.0710. The summed E-state index contributed by atoms with van der Waals surface area (Å²) in [5, 5.41) is 12.1. The smallest absolute Gasteiger partial charge is 0.273 e. The molecule has 0 aliphatic heterocycles. The normalized spacial score (nSPS) is 10.4. The fraction of sp³-hybridized carbons (Fsp3) is 0.455. The summed E-state index contributed by atoms with van der Waals surface area (Å²) in [6.07, 6.45) is 1.48. The van der Waals surface area contributed by atoms with Crippen LogP contribution >= 0.6 is 0 Å². The molecule has 16 heavy (non-hydrogen) atoms. The number of rotatable bonds is 5. The number of pyridine rings is 1. The van der Waals surface area contributed by atoms with Gasteiger partial charge in [-0.05, 0) is 25.7 Å². The second-order valence-corrected chi connectivity index (χ2v) is 3.52. The Labute approximate surface area is 95.1 Å². The average molecular weight is 223 g/mol. The first kappa shape index (κ1) is 12.4. The summed E-state index contributed by atoms with van der Waals surface area (Å²) in [5.74, 6) is -0.438. The van der Waals surface area contributed by atoms with Crippen molar-refractivity contribution in [3.8, 4) is 5.75 Å². The van der Waals surface area contributed by atoms with Gasteiger partial charge in [0, 0.05) is 19.3 Å². The zero-order valence-corrected chi connectivity index (χ0v) is 9.60. The first-order chi connectivity index (χ1) is 7.65. The van der Waals surface area contributed by atoms with Gasteiger partial charge < -0.3 is 15.3 Å². The topological polar surface area (TPSA) is 65.5 Å². The summed E-state index contributed by atoms with van der Waals surface area (Å²) < 4.78 is 0. The van der Waals surface area contributed by atoms with Crippen LogP contribution in [0, 0.1) is 0 Å². The molecule has 88 valence electrons. The van der Waals surface area contributed by atoms with E-state index in [0.29, 0.717) is 6.54 Å². The van der Waals surface area contributed by atoms with Gasteiger partial charge in [-0.1, -0.05) is 6.92 Å². The van der Waals surface area contributed by atoms with Gasteiger partial charge in [-0.15, -0.1) is 0 Å². The van der Waals surface area contributed by atoms with E-state index in [0.717, 1.165) is 13.1 Å². The second-order valence-electron chi connectivity index (χ2n) is 3.52. The number of nitrogens with zero attached hydrogens (tertiary/aromatic N) is 2. The Morgan fingerprint density at radius 2 is 2.38 bits per heavy atom. The zero-order chi connectivity index (χ0) is 12.0. The lowest BCUT2D eigenvalue weighted by Crippen LogP contribution is -2.33. The van der Waals surface area contributed by atoms with Crippen molar-refractivity contribution < 1.29 is 9.90 Å². The van der Waals surface area contributed by atoms with Crippen LogP contribution in [0.5, 0.6) is 5.75 Å². The predicted molar refractivity (Wildman–Crippen MR) is 61.4 cm³/mol. The standard InChI is InChI=1S/C11H17N3O2/c1-3-14(2)8-7-13-11(16)10-9(15)5-4-6-12-10/h4-6,15H,3,7-8H2,1-2H3,(H,13,16). The van der Waals surface area contributed by atoms with E-state index in [1.165, 1.54) is 12.3 Å². The molecule has 0 fully saturated rings. The minimum atomic E-state index is -0.345. The first-order valence-electron chi connectivity index (χ1n) is 5.26. The molecule has 0 aliphatic carbocycles. The van der Waals surface area contributed by atoms with Crippen LogP contribution in [0.3, 0.4) is 0 Å². The lowest BCUT2D eigenvalue weighted by atomic mass is 10.3. The SMILES string of the molecule is CCN(C)CCNC(=O)c1ncccc1O. The van der Waals surface area contributed by atoms with Crippen LogP contribution in [-0.4, -0.2) is 47.6 Å². The van der Waals surface area contributed by atoms with E-state index < -0.39 is 0 Å². The van der Waals surface area contributed by atoms with Crippen LogP contribution in [0.25, 0.3) is 0 Å². The van der Waals surface area contributed by atoms with Crippen molar-refractivity contribution >= 4 is 5.91 Å². The molecule has 5 nitrogen and oxygen atoms in total. The van der Waals surface area contributed by atoms with E-state index in [9.17, 15) is 9.90 Å². The Balaban J connectivity index is 2.44. The molecule has 0 unspecified atom stereocenters. The molecule has 0 bridgehead atoms. The van der Waals surface area contributed by atoms with Gasteiger partial charge in [0.15, 0.2) is 5.69 Å². The summed E-state index contributed by atoms with van der Waals surface area (Å²) in [4.78, 5) is 17.5. The maximum Gasteiger partial charge on any atom is 0.273 e. The van der Waals surface area contributed by atoms with E-state index >= 15 is 0 Å². The van der Waals surface area contributed by atoms with Crippen molar-refractivity contribution in [3.05, 3.63) is 24.0 Å². The summed E-state index contributed by atoms with van der Waals surface area (Å²) in [5.41, 5.74) is 0.0710. The Morgan fingerprint density at radius 3 is 3.00 bits per heavy atom. The summed E-state index contributed by atoms with van der Waals surface area (Å²) in [6.45, 7) is 4.30. The third-order valence-corrected chi connectivity index (χ3v) is 2.32. The van der Waals surface area contributed by atoms with Gasteiger partial charge in [0.05, 0.1) is 0 Å². The van der Waals surface area contributed by atoms with Gasteiger partial charge in [0.1, 0.15) is 5.75 Å². The van der Waals surface area contributed by atoms with E-state index in [1.807, 2.05) is 14.0 Å². The van der Waals surface area contributed by atoms with Gasteiger partial charge in [0.2, 0.25) is 0 Å². The Morgan fingerprint density at radius 1 is 1.62 bits per heavy atom. The number of hydrogen-bond acceptors (Lipinski definition) is 4. The van der Waals surface area contributed by atoms with Crippen molar-refractivity contribution in [3.63, 3.8) is 0 Å². The van der Waals surface area contributed by atoms with Crippen molar-refractivity contribution in [1.82, 2.24) is 15.2 Å². The van der Waals surface area contributed by atoms with Crippen LogP contribution in [0.4, 0.5) is 0 Å². The largest absolute Gasteiger partial charge is 0.505 e. The average Bonchev–Trinajstić information content (AvgIpc) is 2.29. The Hall–Kier alpha value is -1.62. The molecule has 0 aliphatic rings. The zero-order valence-electron chi connectivity index (χ0n) is 9.60. The molecule has 0 spiro atoms. The molecule has 2 N–H and O–H groups in total. The number of nitrogens with one attached hydrogen (secondary N) is 1. The summed E-state index contributed by atoms with van der Waals surface area (Å²) in [7, 11) is 1.98. The molecule has 1 aromatic heterocycles. The van der Waals surface area contributed by atoms with Crippen LogP contribution in [-0.2, 0) is 0 Å². The number of carbonyl (C=O) groups is 1. The van der Waals surface area contributed by atoms with Crippen molar-refractivity contribution in [2.75, 3.05) is 26.7 Å². The monoisotopic (exact) mass is 223 g/mol. The van der Waals surface area contributed by atoms with E-state index in [4.69, 9.17) is 0 Å². The lowest BCUT2D eigenvalue weighted by Gasteiger charge is -2.13. The highest BCUT2D eigenvalue weighted by Crippen LogP contribution is 2.11. The Bertz CT molecular complexity index is 355. The van der Waals surface area contributed by atoms with Gasteiger partial charge in [-0.3, -0.25) is 4.79 Å². The molecule has 0 saturated heterocycles. The van der Waals surface area contributed by atoms with E-state index in [1.54, 1.807) is 6.07 Å². The maximum atomic E-state index is 11.6. The van der Waals surface area contributed by atoms with E-state index in [2.05, 4.69) is 15.2 Å². The van der Waals surface area contributed by atoms with Crippen molar-refractivity contribution in [2.24, 2.45) is 0 Å². The van der Waals surface area contributed by atoms with Crippen LogP contribution in [0.15, 0.2) is 18.3 Å². The summed E-state index contributed by atoms with van der Waals surface area (Å²) >= 11 is 0. The van der Waals surface area contributed by atoms with Crippen LogP contribution < -0.4 is 5.32 Å². The molecule has 1 aromatic rings. The summed E-state index contributed by atoms with van der Waals surface area (Å²) in [6, 6.07) is 3.02. The minimum Gasteiger partial charge on any atom is -0.505 e. The lowest BCUT2D eigenvalue weighted by molar-refractivity contribution is 0.0942. The number of aromatic hydroxyl groups is 1. The van der Waals surface area contributed by atoms with Gasteiger partial charge in [-0.2, -0.15) is 0 Å². The third kappa shape index (κ3) is 3.51. The van der Waals surface area contributed by atoms with Crippen molar-refractivity contribution in [2.45, 2.75) is 6.92 Å². The molecule has 0 saturated carbocycles. The fourth-order valence-electron chi connectivity index (χ4n) is 1.17. The number of amides is 1. The second kappa shape index (κ2) is 6.07. The molecule has 5 heteroatoms. The van der Waals surface area contributed by atoms with Gasteiger partial charge in [-0.25, -0.2) is 4.98 Å². The molecular formula is C11H17N3O2. The molecule has 0 aromatic carbocycles. The van der Waals surface area contributed by atoms with Crippen molar-refractivity contribution in [1.29, 1.82) is 0 Å². The highest BCUT2D eigenvalue weighted by atomic mass is 16.3. The number of hydrogen-bond donors (Lipinski definition) is 2. The number of likely N-dealkylation sites (N-methyl/N-ethyl adjacent to an activating group) is 1. The quantitative estimate of drug-likeness (QED) is 0.761. The number of carbonyl (C=O) groups excluding carboxylic acids is 1. The predicted octanol–water partition coefficient (Wildman–Crippen LogP) is 0.469. The fourth-order valence-corrected chi connectivity index (χ4v) is 1.17. The highest BCUT2D eigenvalue weighted by molar-refractivity contribution is 5.94. The molecule has 0 atom stereocenters. The molecule has 1 amide bonds. The van der Waals surface area contributed by atoms with Crippen LogP contribution in [0.2, 0.25) is 0 Å². The van der Waals surface area contributed by atoms with Gasteiger partial charge in [0.25, 0.3) is 5.91 Å². The molecule has 1 rings (SSSR count). The first-order valence-corrected chi connectivity index (χ1v) is 5.26. The third-order valence-electron chi connectivity index (χ3n) is 2.32. The Kier molecular flexibility index (Phi) is 4.72. The van der Waals surface area contributed by atoms with E-state index in [-0.39, 0.29) is 17.4 Å². The molecular weight excluding hydrogens is 206 g/mol. The van der Waals surface area contributed by atoms with Crippen LogP contribution in [0.1, 0.15) is 17.4 Å². The number of aromatic nitrogens is 1. The highest BCUT2D eigenvalue weighted by Gasteiger charge is 2.10. The molecule has 1 heterocycles.